The van der Waals surface area contributed by atoms with Gasteiger partial charge in [0.1, 0.15) is 0 Å². The molecule has 6 heteroatoms. The Labute approximate surface area is 529 Å². The monoisotopic (exact) mass is 1160 g/mol. The van der Waals surface area contributed by atoms with Crippen LogP contribution in [0, 0.1) is 6.92 Å². The highest BCUT2D eigenvalue weighted by atomic mass is 14.8. The molecule has 0 saturated carbocycles. The van der Waals surface area contributed by atoms with Crippen LogP contribution in [0.1, 0.15) is 11.2 Å². The van der Waals surface area contributed by atoms with Crippen LogP contribution in [-0.2, 0) is 0 Å². The lowest BCUT2D eigenvalue weighted by Gasteiger charge is -2.09. The maximum Gasteiger partial charge on any atom is 0.0974 e. The number of fused-ring (bicyclic) bond motifs is 30. The van der Waals surface area contributed by atoms with Gasteiger partial charge >= 0.3 is 0 Å². The number of hydrogen-bond acceptors (Lipinski definition) is 6. The molecule has 0 atom stereocenters. The molecule has 0 amide bonds. The van der Waals surface area contributed by atoms with E-state index in [4.69, 9.17) is 10.5 Å². The number of benzene rings is 15. The first kappa shape index (κ1) is 49.9. The summed E-state index contributed by atoms with van der Waals surface area (Å²) in [5.41, 5.74) is 4.95. The third kappa shape index (κ3) is 9.71. The second-order valence-electron chi connectivity index (χ2n) is 22.5. The van der Waals surface area contributed by atoms with Crippen LogP contribution in [0.4, 0.5) is 0 Å². The van der Waals surface area contributed by atoms with Crippen molar-refractivity contribution in [3.8, 4) is 0 Å². The smallest absolute Gasteiger partial charge is 0.0974 e. The summed E-state index contributed by atoms with van der Waals surface area (Å²) in [4.78, 5) is 26.8. The molecule has 426 valence electrons. The van der Waals surface area contributed by atoms with Crippen molar-refractivity contribution in [1.82, 2.24) is 29.9 Å². The van der Waals surface area contributed by atoms with E-state index in [2.05, 4.69) is 146 Å². The van der Waals surface area contributed by atoms with Crippen molar-refractivity contribution in [2.24, 2.45) is 0 Å². The molecule has 6 nitrogen and oxygen atoms in total. The van der Waals surface area contributed by atoms with Gasteiger partial charge in [0.15, 0.2) is 0 Å². The quantitative estimate of drug-likeness (QED) is 0.141. The Bertz CT molecular complexity index is 5370. The first-order valence-corrected chi connectivity index (χ1v) is 30.4. The lowest BCUT2D eigenvalue weighted by atomic mass is 9.96. The first-order chi connectivity index (χ1) is 46.7. The molecule has 15 aromatic carbocycles. The Kier molecular flexibility index (Phi) is 12.9. The average molecular weight is 1170 g/mol. The van der Waals surface area contributed by atoms with Crippen molar-refractivity contribution in [3.63, 3.8) is 0 Å². The van der Waals surface area contributed by atoms with Gasteiger partial charge in [-0.15, -0.1) is 0 Å². The molecular weight excluding hydrogens is 1100 g/mol. The Hall–Kier alpha value is -12.1. The molecule has 0 aliphatic rings. The third-order valence-corrected chi connectivity index (χ3v) is 17.4. The molecule has 0 radical (unpaired) electrons. The number of pyridine rings is 4. The molecule has 5 aromatic heterocycles. The van der Waals surface area contributed by atoms with Crippen molar-refractivity contribution in [2.75, 3.05) is 0 Å². The van der Waals surface area contributed by atoms with Gasteiger partial charge in [0.05, 0.1) is 33.2 Å². The molecule has 0 bridgehead atoms. The maximum atomic E-state index is 7.85. The van der Waals surface area contributed by atoms with Crippen LogP contribution in [0.5, 0.6) is 0 Å². The van der Waals surface area contributed by atoms with E-state index in [1.165, 1.54) is 97.0 Å². The van der Waals surface area contributed by atoms with Crippen LogP contribution < -0.4 is 0 Å². The van der Waals surface area contributed by atoms with E-state index < -0.39 is 0 Å². The summed E-state index contributed by atoms with van der Waals surface area (Å²) < 4.78 is 31.4. The Balaban J connectivity index is 0.0000000937. The highest BCUT2D eigenvalue weighted by molar-refractivity contribution is 6.28. The third-order valence-electron chi connectivity index (χ3n) is 17.4. The van der Waals surface area contributed by atoms with Crippen molar-refractivity contribution >= 4 is 162 Å². The second kappa shape index (κ2) is 23.5. The van der Waals surface area contributed by atoms with Gasteiger partial charge in [-0.05, 0) is 128 Å². The zero-order valence-corrected chi connectivity index (χ0v) is 49.5. The maximum absolute atomic E-state index is 7.85. The number of aryl methyl sites for hydroxylation is 1. The Morgan fingerprint density at radius 1 is 0.198 bits per heavy atom. The van der Waals surface area contributed by atoms with Gasteiger partial charge in [0, 0.05) is 86.5 Å². The summed E-state index contributed by atoms with van der Waals surface area (Å²) in [5.74, 6) is 0. The molecular formula is C85H56N6. The topological polar surface area (TPSA) is 77.3 Å². The summed E-state index contributed by atoms with van der Waals surface area (Å²) in [6.45, 7) is 1.98. The van der Waals surface area contributed by atoms with Gasteiger partial charge in [-0.1, -0.05) is 255 Å². The molecule has 20 rings (SSSR count). The van der Waals surface area contributed by atoms with E-state index in [0.717, 1.165) is 70.9 Å². The zero-order chi connectivity index (χ0) is 64.1. The largest absolute Gasteiger partial charge is 0.264 e. The predicted octanol–water partition coefficient (Wildman–Crippen LogP) is 22.4. The van der Waals surface area contributed by atoms with Crippen LogP contribution in [0.3, 0.4) is 0 Å². The molecule has 0 spiro atoms. The van der Waals surface area contributed by atoms with Crippen molar-refractivity contribution in [2.45, 2.75) is 6.92 Å². The summed E-state index contributed by atoms with van der Waals surface area (Å²) >= 11 is 0. The summed E-state index contributed by atoms with van der Waals surface area (Å²) in [5, 5.41) is 30.5. The lowest BCUT2D eigenvalue weighted by Crippen LogP contribution is -1.90. The Morgan fingerprint density at radius 3 is 0.802 bits per heavy atom. The normalized spacial score (nSPS) is 12.0. The summed E-state index contributed by atoms with van der Waals surface area (Å²) in [6, 6.07) is 87.7. The molecule has 0 aliphatic carbocycles. The van der Waals surface area contributed by atoms with Gasteiger partial charge in [-0.25, -0.2) is 4.98 Å². The van der Waals surface area contributed by atoms with E-state index >= 15 is 0 Å². The molecule has 5 heterocycles. The van der Waals surface area contributed by atoms with Crippen molar-refractivity contribution in [3.05, 3.63) is 328 Å². The van der Waals surface area contributed by atoms with Crippen LogP contribution in [0.15, 0.2) is 322 Å². The van der Waals surface area contributed by atoms with E-state index in [0.29, 0.717) is 24.2 Å². The van der Waals surface area contributed by atoms with Crippen molar-refractivity contribution < 1.29 is 5.48 Å². The van der Waals surface area contributed by atoms with E-state index in [-0.39, 0.29) is 0 Å². The van der Waals surface area contributed by atoms with Gasteiger partial charge in [0.2, 0.25) is 0 Å². The average Bonchev–Trinajstić information content (AvgIpc) is 0.791. The fourth-order valence-electron chi connectivity index (χ4n) is 13.4. The Morgan fingerprint density at radius 2 is 0.440 bits per heavy atom. The first-order valence-electron chi connectivity index (χ1n) is 32.4. The van der Waals surface area contributed by atoms with Gasteiger partial charge < -0.3 is 0 Å². The number of hydrogen-bond donors (Lipinski definition) is 0. The highest BCUT2D eigenvalue weighted by Crippen LogP contribution is 2.39. The minimum Gasteiger partial charge on any atom is -0.264 e. The second-order valence-corrected chi connectivity index (χ2v) is 22.5. The fraction of sp³-hybridized carbons (Fsp3) is 0.0118. The molecule has 0 unspecified atom stereocenters. The van der Waals surface area contributed by atoms with Crippen LogP contribution in [-0.4, -0.2) is 29.9 Å². The molecule has 91 heavy (non-hydrogen) atoms. The zero-order valence-electron chi connectivity index (χ0n) is 53.5. The van der Waals surface area contributed by atoms with E-state index in [1.54, 1.807) is 0 Å². The van der Waals surface area contributed by atoms with Gasteiger partial charge in [-0.3, -0.25) is 24.9 Å². The van der Waals surface area contributed by atoms with Crippen LogP contribution in [0.25, 0.3) is 162 Å². The number of nitrogens with zero attached hydrogens (tertiary/aromatic N) is 6. The standard InChI is InChI=1S/C17H12N2.4C17H11N/c1-11-10-18-16-14-8-4-2-6-12(14)13-7-3-5-9-15(13)17(16)19-11;2*1-2-7-14-12(6-1)13-8-3-4-9-15(13)17-16(14)10-5-11-18-17;2*1-2-7-14-12(5-1)13-6-3-4-8-15(13)17-11-18-10-9-16(14)17/h2-10H,1H3;4*1-11H/i;3D;2D;3D;1D. The predicted molar refractivity (Wildman–Crippen MR) is 386 cm³/mol. The minimum atomic E-state index is 0.535. The minimum absolute atomic E-state index is 0.535. The van der Waals surface area contributed by atoms with Crippen molar-refractivity contribution in [1.29, 1.82) is 0 Å². The SMILES string of the molecule is Cc1cnc2c3ccccc3c3ccccc3c2n1.[2H]c1ccc2c(c1)c1ccccc1c1cccnc12.[2H]c1ccc2c3ccccc3c3ncccc3c2c1.[2H]c1ccc2c3ccncc3c3ccccc3c2c1.[2H]c1ccc2c3cnccc3c3ccccc3c2c1. The number of rotatable bonds is 0. The molecule has 20 aromatic rings. The summed E-state index contributed by atoms with van der Waals surface area (Å²) in [6.07, 6.45) is 13.0. The van der Waals surface area contributed by atoms with E-state index in [9.17, 15) is 0 Å². The molecule has 0 fully saturated rings. The molecule has 0 N–H and O–H groups in total. The van der Waals surface area contributed by atoms with Gasteiger partial charge in [0.25, 0.3) is 0 Å². The highest BCUT2D eigenvalue weighted by Gasteiger charge is 2.13. The van der Waals surface area contributed by atoms with Crippen LogP contribution in [0.2, 0.25) is 0 Å². The molecule has 0 saturated heterocycles. The summed E-state index contributed by atoms with van der Waals surface area (Å²) in [7, 11) is 0. The van der Waals surface area contributed by atoms with E-state index in [1.807, 2.05) is 184 Å². The number of aromatic nitrogens is 6. The van der Waals surface area contributed by atoms with Gasteiger partial charge in [-0.2, -0.15) is 0 Å². The van der Waals surface area contributed by atoms with Crippen LogP contribution >= 0.6 is 0 Å². The molecule has 0 aliphatic heterocycles. The fourth-order valence-corrected chi connectivity index (χ4v) is 13.4. The lowest BCUT2D eigenvalue weighted by molar-refractivity contribution is 1.19.